The van der Waals surface area contributed by atoms with E-state index in [4.69, 9.17) is 0 Å². The fourth-order valence-electron chi connectivity index (χ4n) is 3.63. The Kier molecular flexibility index (Phi) is 6.81. The molecular weight excluding hydrogens is 611 g/mol. The van der Waals surface area contributed by atoms with Crippen LogP contribution in [0.3, 0.4) is 0 Å². The Morgan fingerprint density at radius 2 is 0.700 bits per heavy atom. The molecule has 0 aliphatic carbocycles. The lowest BCUT2D eigenvalue weighted by atomic mass is 10.1. The van der Waals surface area contributed by atoms with Gasteiger partial charge in [-0.25, -0.2) is 19.9 Å². The molecule has 0 unspecified atom stereocenters. The Balaban J connectivity index is 1.18. The van der Waals surface area contributed by atoms with Gasteiger partial charge in [-0.2, -0.15) is 26.3 Å². The van der Waals surface area contributed by atoms with E-state index in [9.17, 15) is 26.3 Å². The van der Waals surface area contributed by atoms with Gasteiger partial charge in [0.05, 0.1) is 30.6 Å². The van der Waals surface area contributed by atoms with E-state index in [1.807, 2.05) is 0 Å². The van der Waals surface area contributed by atoms with Gasteiger partial charge in [-0.05, 0) is 35.4 Å². The van der Waals surface area contributed by atoms with Crippen LogP contribution in [0.2, 0.25) is 0 Å². The van der Waals surface area contributed by atoms with Crippen LogP contribution < -0.4 is 0 Å². The molecule has 0 saturated carbocycles. The fourth-order valence-corrected chi connectivity index (χ4v) is 7.43. The average Bonchev–Trinajstić information content (AvgIpc) is 3.73. The third kappa shape index (κ3) is 5.44. The molecule has 40 heavy (non-hydrogen) atoms. The van der Waals surface area contributed by atoms with Gasteiger partial charge in [-0.3, -0.25) is 0 Å². The number of benzene rings is 2. The quantitative estimate of drug-likeness (QED) is 0.180. The number of halogens is 6. The summed E-state index contributed by atoms with van der Waals surface area (Å²) in [5.41, 5.74) is -0.127. The minimum atomic E-state index is -4.39. The first-order valence-corrected chi connectivity index (χ1v) is 14.5. The second-order valence-corrected chi connectivity index (χ2v) is 12.4. The molecule has 4 nitrogen and oxygen atoms in total. The van der Waals surface area contributed by atoms with E-state index in [1.165, 1.54) is 69.6 Å². The van der Waals surface area contributed by atoms with Crippen LogP contribution in [-0.2, 0) is 12.4 Å². The largest absolute Gasteiger partial charge is 0.416 e. The first-order valence-electron chi connectivity index (χ1n) is 11.2. The fraction of sp³-hybridized carbons (Fsp3) is 0.0769. The topological polar surface area (TPSA) is 51.6 Å². The molecule has 0 spiro atoms. The zero-order valence-electron chi connectivity index (χ0n) is 19.6. The second-order valence-electron chi connectivity index (χ2n) is 8.27. The predicted octanol–water partition coefficient (Wildman–Crippen LogP) is 9.89. The maximum Gasteiger partial charge on any atom is 0.416 e. The molecule has 0 aliphatic heterocycles. The van der Waals surface area contributed by atoms with Gasteiger partial charge >= 0.3 is 12.4 Å². The van der Waals surface area contributed by atoms with Gasteiger partial charge in [0, 0.05) is 24.8 Å². The zero-order valence-corrected chi connectivity index (χ0v) is 22.9. The number of rotatable bonds is 5. The third-order valence-corrected chi connectivity index (χ3v) is 10.2. The predicted molar refractivity (Wildman–Crippen MR) is 146 cm³/mol. The molecule has 4 aromatic heterocycles. The molecule has 0 bridgehead atoms. The molecule has 0 aliphatic rings. The van der Waals surface area contributed by atoms with Crippen molar-refractivity contribution in [2.24, 2.45) is 0 Å². The first-order chi connectivity index (χ1) is 19.0. The molecule has 2 aromatic carbocycles. The summed E-state index contributed by atoms with van der Waals surface area (Å²) in [6.45, 7) is 0. The maximum atomic E-state index is 12.9. The maximum absolute atomic E-state index is 12.9. The normalized spacial score (nSPS) is 12.2. The first kappa shape index (κ1) is 26.7. The van der Waals surface area contributed by atoms with Gasteiger partial charge in [-0.1, -0.05) is 24.3 Å². The van der Waals surface area contributed by atoms with Crippen molar-refractivity contribution < 1.29 is 26.3 Å². The van der Waals surface area contributed by atoms with Crippen LogP contribution in [0.5, 0.6) is 0 Å². The van der Waals surface area contributed by atoms with Crippen LogP contribution in [-0.4, -0.2) is 19.9 Å². The van der Waals surface area contributed by atoms with Crippen molar-refractivity contribution in [3.63, 3.8) is 0 Å². The Hall–Kier alpha value is -3.46. The van der Waals surface area contributed by atoms with Crippen LogP contribution in [0.1, 0.15) is 11.1 Å². The molecule has 6 rings (SSSR count). The van der Waals surface area contributed by atoms with Gasteiger partial charge in [0.2, 0.25) is 0 Å². The van der Waals surface area contributed by atoms with Crippen molar-refractivity contribution in [1.29, 1.82) is 0 Å². The Labute approximate surface area is 238 Å². The lowest BCUT2D eigenvalue weighted by Crippen LogP contribution is -2.03. The smallest absolute Gasteiger partial charge is 0.243 e. The summed E-state index contributed by atoms with van der Waals surface area (Å²) in [4.78, 5) is 20.9. The minimum Gasteiger partial charge on any atom is -0.243 e. The summed E-state index contributed by atoms with van der Waals surface area (Å²) >= 11 is 5.51. The van der Waals surface area contributed by atoms with E-state index in [0.717, 1.165) is 48.8 Å². The number of hydrogen-bond acceptors (Lipinski definition) is 8. The van der Waals surface area contributed by atoms with Crippen molar-refractivity contribution >= 4 is 45.3 Å². The number of hydrogen-bond donors (Lipinski definition) is 0. The third-order valence-electron chi connectivity index (χ3n) is 5.62. The van der Waals surface area contributed by atoms with Gasteiger partial charge in [-0.15, -0.1) is 45.3 Å². The molecule has 4 heterocycles. The van der Waals surface area contributed by atoms with Gasteiger partial charge in [0.15, 0.2) is 10.0 Å². The number of aromatic nitrogens is 4. The molecule has 0 saturated heterocycles. The second kappa shape index (κ2) is 10.2. The zero-order chi connectivity index (χ0) is 28.1. The van der Waals surface area contributed by atoms with E-state index >= 15 is 0 Å². The summed E-state index contributed by atoms with van der Waals surface area (Å²) in [6.07, 6.45) is -2.15. The van der Waals surface area contributed by atoms with Crippen LogP contribution in [0, 0.1) is 0 Å². The summed E-state index contributed by atoms with van der Waals surface area (Å²) in [5.74, 6) is 0. The lowest BCUT2D eigenvalue weighted by Gasteiger charge is -2.06. The van der Waals surface area contributed by atoms with Gasteiger partial charge < -0.3 is 0 Å². The summed E-state index contributed by atoms with van der Waals surface area (Å²) < 4.78 is 77.1. The highest BCUT2D eigenvalue weighted by Crippen LogP contribution is 2.42. The van der Waals surface area contributed by atoms with Crippen LogP contribution in [0.15, 0.2) is 73.3 Å². The van der Waals surface area contributed by atoms with Gasteiger partial charge in [0.1, 0.15) is 10.0 Å². The number of thiazole rings is 4. The van der Waals surface area contributed by atoms with Gasteiger partial charge in [0.25, 0.3) is 0 Å². The van der Waals surface area contributed by atoms with Crippen LogP contribution in [0.4, 0.5) is 26.3 Å². The van der Waals surface area contributed by atoms with E-state index < -0.39 is 23.5 Å². The minimum absolute atomic E-state index is 0.636. The highest BCUT2D eigenvalue weighted by atomic mass is 32.1. The molecular formula is C26H12F6N4S4. The Bertz CT molecular complexity index is 1650. The average molecular weight is 623 g/mol. The Morgan fingerprint density at radius 3 is 1.10 bits per heavy atom. The number of alkyl halides is 6. The van der Waals surface area contributed by atoms with E-state index in [1.54, 1.807) is 24.8 Å². The molecule has 0 radical (unpaired) electrons. The lowest BCUT2D eigenvalue weighted by molar-refractivity contribution is -0.138. The van der Waals surface area contributed by atoms with Crippen molar-refractivity contribution in [2.45, 2.75) is 12.4 Å². The standard InChI is InChI=1S/C26H12F6N4S4/c27-25(28,29)15-5-1-13(2-6-15)17-9-33-21(37-17)19-11-34-22(39-19)20-12-36-24(40-20)23-35-10-18(38-23)14-3-7-16(8-4-14)26(30,31)32/h1-12H. The SMILES string of the molecule is FC(F)(F)c1ccc(-c2cnc(-c3cnc(-c4cnc(-c5ncc(-c6ccc(C(F)(F)F)cc6)s5)s4)s3)s2)cc1. The van der Waals surface area contributed by atoms with E-state index in [2.05, 4.69) is 19.9 Å². The summed E-state index contributed by atoms with van der Waals surface area (Å²) in [6, 6.07) is 9.90. The molecule has 6 aromatic rings. The highest BCUT2D eigenvalue weighted by Gasteiger charge is 2.31. The number of nitrogens with zero attached hydrogens (tertiary/aromatic N) is 4. The van der Waals surface area contributed by atoms with Crippen LogP contribution in [0.25, 0.3) is 50.7 Å². The summed E-state index contributed by atoms with van der Waals surface area (Å²) in [5, 5.41) is 2.73. The monoisotopic (exact) mass is 622 g/mol. The van der Waals surface area contributed by atoms with Crippen molar-refractivity contribution in [1.82, 2.24) is 19.9 Å². The van der Waals surface area contributed by atoms with Crippen molar-refractivity contribution in [3.8, 4) is 50.7 Å². The summed E-state index contributed by atoms with van der Waals surface area (Å²) in [7, 11) is 0. The van der Waals surface area contributed by atoms with Crippen molar-refractivity contribution in [2.75, 3.05) is 0 Å². The van der Waals surface area contributed by atoms with E-state index in [0.29, 0.717) is 26.1 Å². The van der Waals surface area contributed by atoms with Crippen molar-refractivity contribution in [3.05, 3.63) is 84.4 Å². The molecule has 14 heteroatoms. The molecule has 0 N–H and O–H groups in total. The molecule has 202 valence electrons. The molecule has 0 fully saturated rings. The highest BCUT2D eigenvalue weighted by molar-refractivity contribution is 7.28. The Morgan fingerprint density at radius 1 is 0.400 bits per heavy atom. The molecule has 0 atom stereocenters. The van der Waals surface area contributed by atoms with E-state index in [-0.39, 0.29) is 0 Å². The van der Waals surface area contributed by atoms with Crippen LogP contribution >= 0.6 is 45.3 Å². The molecule has 0 amide bonds.